The minimum atomic E-state index is -1.24. The van der Waals surface area contributed by atoms with Crippen LogP contribution >= 0.6 is 15.9 Å². The first-order valence-electron chi connectivity index (χ1n) is 5.22. The van der Waals surface area contributed by atoms with Gasteiger partial charge in [-0.1, -0.05) is 22.0 Å². The molecule has 2 rings (SSSR count). The summed E-state index contributed by atoms with van der Waals surface area (Å²) in [6.45, 7) is 0.154. The van der Waals surface area contributed by atoms with Gasteiger partial charge in [0.1, 0.15) is 17.9 Å². The molecule has 0 amide bonds. The van der Waals surface area contributed by atoms with E-state index in [1.54, 1.807) is 12.3 Å². The number of ether oxygens (including phenoxy) is 1. The van der Waals surface area contributed by atoms with Crippen LogP contribution in [0.3, 0.4) is 0 Å². The number of hydrogen-bond acceptors (Lipinski definition) is 4. The highest BCUT2D eigenvalue weighted by Crippen LogP contribution is 2.29. The number of benzene rings is 1. The predicted molar refractivity (Wildman–Crippen MR) is 69.1 cm³/mol. The van der Waals surface area contributed by atoms with Crippen LogP contribution in [0.15, 0.2) is 47.1 Å². The van der Waals surface area contributed by atoms with E-state index < -0.39 is 5.97 Å². The molecule has 2 aromatic rings. The lowest BCUT2D eigenvalue weighted by molar-refractivity contribution is -0.297. The highest BCUT2D eigenvalue weighted by Gasteiger charge is 2.05. The molecule has 92 valence electrons. The van der Waals surface area contributed by atoms with E-state index in [1.807, 2.05) is 18.2 Å². The molecule has 1 heterocycles. The average Bonchev–Trinajstić information content (AvgIpc) is 2.37. The van der Waals surface area contributed by atoms with Crippen LogP contribution in [0.2, 0.25) is 0 Å². The van der Waals surface area contributed by atoms with Crippen molar-refractivity contribution in [2.75, 3.05) is 6.61 Å². The minimum Gasteiger partial charge on any atom is -0.545 e. The number of carboxylic acids is 1. The van der Waals surface area contributed by atoms with Gasteiger partial charge in [-0.3, -0.25) is 4.98 Å². The van der Waals surface area contributed by atoms with Crippen molar-refractivity contribution in [2.45, 2.75) is 0 Å². The zero-order chi connectivity index (χ0) is 13.0. The number of halogens is 1. The number of nitrogens with zero attached hydrogens (tertiary/aromatic N) is 1. The summed E-state index contributed by atoms with van der Waals surface area (Å²) in [7, 11) is 0. The highest BCUT2D eigenvalue weighted by molar-refractivity contribution is 9.10. The molecular weight excluding hydrogens is 298 g/mol. The van der Waals surface area contributed by atoms with Gasteiger partial charge in [-0.25, -0.2) is 0 Å². The molecule has 0 spiro atoms. The molecule has 18 heavy (non-hydrogen) atoms. The maximum Gasteiger partial charge on any atom is 0.146 e. The Bertz CT molecular complexity index is 610. The number of carbonyl (C=O) groups excluding carboxylic acids is 1. The maximum absolute atomic E-state index is 10.2. The maximum atomic E-state index is 10.2. The topological polar surface area (TPSA) is 62.2 Å². The van der Waals surface area contributed by atoms with Crippen LogP contribution in [-0.2, 0) is 4.79 Å². The predicted octanol–water partition coefficient (Wildman–Crippen LogP) is 1.68. The van der Waals surface area contributed by atoms with Crippen LogP contribution in [0.25, 0.3) is 10.9 Å². The fourth-order valence-electron chi connectivity index (χ4n) is 1.51. The number of rotatable bonds is 4. The van der Waals surface area contributed by atoms with Gasteiger partial charge in [0.25, 0.3) is 0 Å². The molecule has 0 aliphatic heterocycles. The van der Waals surface area contributed by atoms with E-state index in [0.717, 1.165) is 21.5 Å². The molecule has 0 bridgehead atoms. The van der Waals surface area contributed by atoms with E-state index in [-0.39, 0.29) is 6.61 Å². The fourth-order valence-corrected chi connectivity index (χ4v) is 1.96. The van der Waals surface area contributed by atoms with Crippen LogP contribution in [0.4, 0.5) is 0 Å². The summed E-state index contributed by atoms with van der Waals surface area (Å²) < 4.78 is 6.40. The molecule has 0 aliphatic rings. The second-order valence-electron chi connectivity index (χ2n) is 3.48. The summed E-state index contributed by atoms with van der Waals surface area (Å²) in [5.74, 6) is -0.630. The number of aromatic nitrogens is 1. The van der Waals surface area contributed by atoms with Crippen molar-refractivity contribution in [1.82, 2.24) is 4.98 Å². The summed E-state index contributed by atoms with van der Waals surface area (Å²) in [6.07, 6.45) is 4.00. The first-order chi connectivity index (χ1) is 8.68. The van der Waals surface area contributed by atoms with Gasteiger partial charge in [-0.15, -0.1) is 0 Å². The first kappa shape index (κ1) is 12.6. The lowest BCUT2D eigenvalue weighted by Crippen LogP contribution is -2.18. The Balaban J connectivity index is 2.24. The average molecular weight is 307 g/mol. The van der Waals surface area contributed by atoms with E-state index in [9.17, 15) is 9.90 Å². The van der Waals surface area contributed by atoms with Crippen LogP contribution in [0.5, 0.6) is 5.75 Å². The zero-order valence-electron chi connectivity index (χ0n) is 9.30. The molecule has 0 radical (unpaired) electrons. The lowest BCUT2D eigenvalue weighted by Gasteiger charge is -2.07. The number of aliphatic carboxylic acids is 1. The summed E-state index contributed by atoms with van der Waals surface area (Å²) >= 11 is 3.44. The summed E-state index contributed by atoms with van der Waals surface area (Å²) in [4.78, 5) is 14.4. The lowest BCUT2D eigenvalue weighted by atomic mass is 10.2. The van der Waals surface area contributed by atoms with Crippen molar-refractivity contribution in [3.05, 3.63) is 47.1 Å². The fraction of sp³-hybridized carbons (Fsp3) is 0.0769. The Morgan fingerprint density at radius 3 is 3.06 bits per heavy atom. The van der Waals surface area contributed by atoms with Crippen molar-refractivity contribution in [3.8, 4) is 5.75 Å². The van der Waals surface area contributed by atoms with Crippen LogP contribution in [0.1, 0.15) is 0 Å². The smallest absolute Gasteiger partial charge is 0.146 e. The summed E-state index contributed by atoms with van der Waals surface area (Å²) in [6, 6.07) is 7.41. The zero-order valence-corrected chi connectivity index (χ0v) is 10.9. The number of pyridine rings is 1. The molecule has 1 aromatic carbocycles. The molecule has 0 atom stereocenters. The Morgan fingerprint density at radius 2 is 2.28 bits per heavy atom. The van der Waals surface area contributed by atoms with E-state index in [0.29, 0.717) is 5.75 Å². The summed E-state index contributed by atoms with van der Waals surface area (Å²) in [5, 5.41) is 11.1. The Kier molecular flexibility index (Phi) is 3.94. The molecule has 0 aliphatic carbocycles. The molecule has 1 aromatic heterocycles. The van der Waals surface area contributed by atoms with E-state index in [1.165, 1.54) is 6.08 Å². The van der Waals surface area contributed by atoms with Crippen molar-refractivity contribution in [1.29, 1.82) is 0 Å². The van der Waals surface area contributed by atoms with Gasteiger partial charge in [-0.05, 0) is 30.4 Å². The Labute approximate surface area is 112 Å². The van der Waals surface area contributed by atoms with Gasteiger partial charge in [0, 0.05) is 16.1 Å². The quantitative estimate of drug-likeness (QED) is 0.806. The third-order valence-corrected chi connectivity index (χ3v) is 2.96. The standard InChI is InChI=1S/C13H10BrNO3/c14-10-5-6-11(18-8-2-4-12(16)17)13-9(10)3-1-7-15-13/h1-7H,8H2,(H,16,17)/p-1/b4-2+. The van der Waals surface area contributed by atoms with Crippen LogP contribution in [-0.4, -0.2) is 17.6 Å². The van der Waals surface area contributed by atoms with Gasteiger partial charge in [0.05, 0.1) is 5.97 Å². The van der Waals surface area contributed by atoms with Gasteiger partial charge in [0.2, 0.25) is 0 Å². The second-order valence-corrected chi connectivity index (χ2v) is 4.33. The molecule has 0 saturated heterocycles. The minimum absolute atomic E-state index is 0.154. The molecule has 5 heteroatoms. The van der Waals surface area contributed by atoms with Crippen molar-refractivity contribution < 1.29 is 14.6 Å². The van der Waals surface area contributed by atoms with Crippen molar-refractivity contribution in [3.63, 3.8) is 0 Å². The van der Waals surface area contributed by atoms with Crippen LogP contribution < -0.4 is 9.84 Å². The van der Waals surface area contributed by atoms with Gasteiger partial charge >= 0.3 is 0 Å². The van der Waals surface area contributed by atoms with Crippen molar-refractivity contribution >= 4 is 32.8 Å². The van der Waals surface area contributed by atoms with E-state index in [4.69, 9.17) is 4.74 Å². The number of carboxylic acid groups (broad SMARTS) is 1. The van der Waals surface area contributed by atoms with E-state index >= 15 is 0 Å². The van der Waals surface area contributed by atoms with E-state index in [2.05, 4.69) is 20.9 Å². The third kappa shape index (κ3) is 2.87. The second kappa shape index (κ2) is 5.64. The molecule has 0 saturated carbocycles. The van der Waals surface area contributed by atoms with Gasteiger partial charge < -0.3 is 14.6 Å². The molecule has 0 N–H and O–H groups in total. The number of carbonyl (C=O) groups is 1. The monoisotopic (exact) mass is 306 g/mol. The van der Waals surface area contributed by atoms with Gasteiger partial charge in [0.15, 0.2) is 0 Å². The normalized spacial score (nSPS) is 10.9. The Hall–Kier alpha value is -1.88. The molecule has 0 fully saturated rings. The largest absolute Gasteiger partial charge is 0.545 e. The third-order valence-electron chi connectivity index (χ3n) is 2.27. The summed E-state index contributed by atoms with van der Waals surface area (Å²) in [5.41, 5.74) is 0.730. The molecule has 0 unspecified atom stereocenters. The first-order valence-corrected chi connectivity index (χ1v) is 6.01. The number of fused-ring (bicyclic) bond motifs is 1. The molecular formula is C13H9BrNO3-. The van der Waals surface area contributed by atoms with Crippen LogP contribution in [0, 0.1) is 0 Å². The SMILES string of the molecule is O=C([O-])/C=C/COc1ccc(Br)c2cccnc12. The van der Waals surface area contributed by atoms with Crippen molar-refractivity contribution in [2.24, 2.45) is 0 Å². The number of hydrogen-bond donors (Lipinski definition) is 0. The van der Waals surface area contributed by atoms with Gasteiger partial charge in [-0.2, -0.15) is 0 Å². The highest BCUT2D eigenvalue weighted by atomic mass is 79.9. The molecule has 4 nitrogen and oxygen atoms in total. The Morgan fingerprint density at radius 1 is 1.44 bits per heavy atom.